The monoisotopic (exact) mass is 256 g/mol. The van der Waals surface area contributed by atoms with E-state index in [-0.39, 0.29) is 11.7 Å². The number of ketones is 1. The number of hydrogen-bond acceptors (Lipinski definition) is 4. The number of rotatable bonds is 3. The van der Waals surface area contributed by atoms with E-state index in [1.54, 1.807) is 0 Å². The zero-order valence-corrected chi connectivity index (χ0v) is 11.2. The van der Waals surface area contributed by atoms with E-state index in [9.17, 15) is 9.59 Å². The number of piperidine rings is 1. The molecule has 2 fully saturated rings. The van der Waals surface area contributed by atoms with Crippen LogP contribution in [0.2, 0.25) is 0 Å². The molecule has 96 valence electrons. The van der Waals surface area contributed by atoms with E-state index in [0.29, 0.717) is 38.5 Å². The number of likely N-dealkylation sites (tertiary alicyclic amines) is 1. The van der Waals surface area contributed by atoms with Crippen molar-refractivity contribution in [3.8, 4) is 0 Å². The van der Waals surface area contributed by atoms with E-state index in [1.165, 1.54) is 12.2 Å². The number of Topliss-reactive ketones (excluding diaryl/α,β-unsaturated/α-hetero) is 1. The first-order chi connectivity index (χ1) is 8.16. The van der Waals surface area contributed by atoms with Crippen LogP contribution in [0.1, 0.15) is 19.3 Å². The standard InChI is InChI=1S/C12H20N2O2S/c1-13(10-4-7-17-9-10)8-12(16)14-5-2-11(15)3-6-14/h10H,2-9H2,1H3. The number of likely N-dealkylation sites (N-methyl/N-ethyl adjacent to an activating group) is 1. The zero-order valence-electron chi connectivity index (χ0n) is 10.4. The average molecular weight is 256 g/mol. The third-order valence-corrected chi connectivity index (χ3v) is 4.73. The highest BCUT2D eigenvalue weighted by Gasteiger charge is 2.25. The lowest BCUT2D eigenvalue weighted by Crippen LogP contribution is -2.45. The van der Waals surface area contributed by atoms with E-state index in [1.807, 2.05) is 23.7 Å². The lowest BCUT2D eigenvalue weighted by atomic mass is 10.1. The van der Waals surface area contributed by atoms with E-state index in [4.69, 9.17) is 0 Å². The molecule has 0 aromatic carbocycles. The lowest BCUT2D eigenvalue weighted by molar-refractivity contribution is -0.135. The van der Waals surface area contributed by atoms with Crippen molar-refractivity contribution in [2.24, 2.45) is 0 Å². The summed E-state index contributed by atoms with van der Waals surface area (Å²) in [5.74, 6) is 2.82. The normalized spacial score (nSPS) is 25.6. The van der Waals surface area contributed by atoms with Gasteiger partial charge < -0.3 is 4.90 Å². The largest absolute Gasteiger partial charge is 0.341 e. The van der Waals surface area contributed by atoms with Crippen LogP contribution in [0.3, 0.4) is 0 Å². The molecule has 1 atom stereocenters. The van der Waals surface area contributed by atoms with Crippen molar-refractivity contribution < 1.29 is 9.59 Å². The maximum absolute atomic E-state index is 12.0. The van der Waals surface area contributed by atoms with Crippen molar-refractivity contribution in [1.29, 1.82) is 0 Å². The van der Waals surface area contributed by atoms with Gasteiger partial charge in [-0.15, -0.1) is 0 Å². The molecule has 2 aliphatic heterocycles. The van der Waals surface area contributed by atoms with Gasteiger partial charge in [0, 0.05) is 37.7 Å². The Kier molecular flexibility index (Phi) is 4.45. The van der Waals surface area contributed by atoms with Gasteiger partial charge >= 0.3 is 0 Å². The minimum Gasteiger partial charge on any atom is -0.341 e. The van der Waals surface area contributed by atoms with E-state index in [2.05, 4.69) is 4.90 Å². The van der Waals surface area contributed by atoms with Crippen LogP contribution < -0.4 is 0 Å². The van der Waals surface area contributed by atoms with Crippen LogP contribution in [0.25, 0.3) is 0 Å². The van der Waals surface area contributed by atoms with Gasteiger partial charge in [0.15, 0.2) is 0 Å². The molecule has 0 aromatic heterocycles. The van der Waals surface area contributed by atoms with Crippen molar-refractivity contribution in [1.82, 2.24) is 9.80 Å². The Morgan fingerprint density at radius 3 is 2.76 bits per heavy atom. The Hall–Kier alpha value is -0.550. The highest BCUT2D eigenvalue weighted by atomic mass is 32.2. The number of thioether (sulfide) groups is 1. The summed E-state index contributed by atoms with van der Waals surface area (Å²) in [6, 6.07) is 0.551. The third-order valence-electron chi connectivity index (χ3n) is 3.59. The van der Waals surface area contributed by atoms with E-state index < -0.39 is 0 Å². The van der Waals surface area contributed by atoms with Gasteiger partial charge in [0.05, 0.1) is 6.54 Å². The van der Waals surface area contributed by atoms with Crippen molar-refractivity contribution >= 4 is 23.5 Å². The average Bonchev–Trinajstić information content (AvgIpc) is 2.83. The molecule has 0 spiro atoms. The van der Waals surface area contributed by atoms with Gasteiger partial charge in [0.2, 0.25) is 5.91 Å². The molecule has 0 saturated carbocycles. The molecule has 0 N–H and O–H groups in total. The SMILES string of the molecule is CN(CC(=O)N1CCC(=O)CC1)C1CCSC1. The maximum Gasteiger partial charge on any atom is 0.236 e. The molecule has 2 rings (SSSR count). The van der Waals surface area contributed by atoms with Crippen LogP contribution in [0.15, 0.2) is 0 Å². The molecule has 5 heteroatoms. The number of hydrogen-bond donors (Lipinski definition) is 0. The van der Waals surface area contributed by atoms with Crippen molar-refractivity contribution in [3.05, 3.63) is 0 Å². The number of amides is 1. The minimum atomic E-state index is 0.178. The van der Waals surface area contributed by atoms with Crippen LogP contribution >= 0.6 is 11.8 Å². The van der Waals surface area contributed by atoms with Gasteiger partial charge in [-0.05, 0) is 19.2 Å². The van der Waals surface area contributed by atoms with Crippen molar-refractivity contribution in [2.45, 2.75) is 25.3 Å². The van der Waals surface area contributed by atoms with E-state index in [0.717, 1.165) is 5.75 Å². The summed E-state index contributed by atoms with van der Waals surface area (Å²) >= 11 is 1.96. The number of carbonyl (C=O) groups excluding carboxylic acids is 2. The first-order valence-corrected chi connectivity index (χ1v) is 7.40. The summed E-state index contributed by atoms with van der Waals surface area (Å²) in [4.78, 5) is 27.1. The highest BCUT2D eigenvalue weighted by molar-refractivity contribution is 7.99. The fraction of sp³-hybridized carbons (Fsp3) is 0.833. The van der Waals surface area contributed by atoms with Crippen LogP contribution in [0.5, 0.6) is 0 Å². The molecule has 2 aliphatic rings. The first kappa shape index (κ1) is 12.9. The second kappa shape index (κ2) is 5.87. The van der Waals surface area contributed by atoms with Gasteiger partial charge in [-0.1, -0.05) is 0 Å². The second-order valence-electron chi connectivity index (χ2n) is 4.85. The van der Waals surface area contributed by atoms with Gasteiger partial charge in [-0.25, -0.2) is 0 Å². The first-order valence-electron chi connectivity index (χ1n) is 6.24. The smallest absolute Gasteiger partial charge is 0.236 e. The summed E-state index contributed by atoms with van der Waals surface area (Å²) in [7, 11) is 2.03. The molecule has 4 nitrogen and oxygen atoms in total. The molecular weight excluding hydrogens is 236 g/mol. The quantitative estimate of drug-likeness (QED) is 0.742. The topological polar surface area (TPSA) is 40.6 Å². The molecule has 2 saturated heterocycles. The predicted octanol–water partition coefficient (Wildman–Crippen LogP) is 0.615. The molecule has 0 radical (unpaired) electrons. The molecule has 1 unspecified atom stereocenters. The molecule has 2 heterocycles. The molecule has 0 bridgehead atoms. The van der Waals surface area contributed by atoms with Gasteiger partial charge in [-0.3, -0.25) is 14.5 Å². The predicted molar refractivity (Wildman–Crippen MR) is 69.2 cm³/mol. The highest BCUT2D eigenvalue weighted by Crippen LogP contribution is 2.21. The Balaban J connectivity index is 1.77. The van der Waals surface area contributed by atoms with Crippen LogP contribution in [-0.2, 0) is 9.59 Å². The summed E-state index contributed by atoms with van der Waals surface area (Å²) in [6.07, 6.45) is 2.26. The number of nitrogens with zero attached hydrogens (tertiary/aromatic N) is 2. The fourth-order valence-corrected chi connectivity index (χ4v) is 3.62. The Morgan fingerprint density at radius 2 is 2.18 bits per heavy atom. The summed E-state index contributed by atoms with van der Waals surface area (Å²) in [6.45, 7) is 1.73. The summed E-state index contributed by atoms with van der Waals surface area (Å²) in [5, 5.41) is 0. The second-order valence-corrected chi connectivity index (χ2v) is 6.00. The Bertz CT molecular complexity index is 293. The molecular formula is C12H20N2O2S. The summed E-state index contributed by atoms with van der Waals surface area (Å²) < 4.78 is 0. The summed E-state index contributed by atoms with van der Waals surface area (Å²) in [5.41, 5.74) is 0. The molecule has 1 amide bonds. The van der Waals surface area contributed by atoms with Gasteiger partial charge in [0.25, 0.3) is 0 Å². The molecule has 0 aromatic rings. The van der Waals surface area contributed by atoms with Crippen LogP contribution in [0.4, 0.5) is 0 Å². The number of carbonyl (C=O) groups is 2. The third kappa shape index (κ3) is 3.45. The zero-order chi connectivity index (χ0) is 12.3. The van der Waals surface area contributed by atoms with E-state index >= 15 is 0 Å². The van der Waals surface area contributed by atoms with Crippen LogP contribution in [0, 0.1) is 0 Å². The Labute approximate surface area is 107 Å². The molecule has 0 aliphatic carbocycles. The molecule has 17 heavy (non-hydrogen) atoms. The Morgan fingerprint density at radius 1 is 1.47 bits per heavy atom. The van der Waals surface area contributed by atoms with Crippen molar-refractivity contribution in [2.75, 3.05) is 38.2 Å². The fourth-order valence-electron chi connectivity index (χ4n) is 2.32. The lowest BCUT2D eigenvalue weighted by Gasteiger charge is -2.30. The van der Waals surface area contributed by atoms with Crippen LogP contribution in [-0.4, -0.2) is 65.7 Å². The van der Waals surface area contributed by atoms with Gasteiger partial charge in [0.1, 0.15) is 5.78 Å². The van der Waals surface area contributed by atoms with Gasteiger partial charge in [-0.2, -0.15) is 11.8 Å². The van der Waals surface area contributed by atoms with Crippen molar-refractivity contribution in [3.63, 3.8) is 0 Å². The minimum absolute atomic E-state index is 0.178. The maximum atomic E-state index is 12.0.